The number of hydrogen-bond donors (Lipinski definition) is 9. The lowest BCUT2D eigenvalue weighted by atomic mass is 10.0. The lowest BCUT2D eigenvalue weighted by molar-refractivity contribution is -0.145. The zero-order valence-corrected chi connectivity index (χ0v) is 20.6. The third-order valence-electron chi connectivity index (χ3n) is 5.54. The van der Waals surface area contributed by atoms with Crippen molar-refractivity contribution in [3.8, 4) is 0 Å². The fourth-order valence-electron chi connectivity index (χ4n) is 3.42. The van der Waals surface area contributed by atoms with E-state index >= 15 is 0 Å². The highest BCUT2D eigenvalue weighted by atomic mass is 16.4. The van der Waals surface area contributed by atoms with E-state index in [1.807, 2.05) is 0 Å². The quantitative estimate of drug-likeness (QED) is 0.0931. The minimum absolute atomic E-state index is 0.0512. The van der Waals surface area contributed by atoms with Crippen molar-refractivity contribution < 1.29 is 29.4 Å². The summed E-state index contributed by atoms with van der Waals surface area (Å²) in [7, 11) is 0. The number of rotatable bonds is 18. The van der Waals surface area contributed by atoms with Crippen molar-refractivity contribution in [2.24, 2.45) is 17.2 Å². The van der Waals surface area contributed by atoms with E-state index in [1.165, 1.54) is 19.4 Å². The number of aromatic nitrogens is 2. The van der Waals surface area contributed by atoms with Crippen LogP contribution in [0, 0.1) is 0 Å². The molecule has 204 valence electrons. The maximum atomic E-state index is 13.2. The lowest BCUT2D eigenvalue weighted by Crippen LogP contribution is -2.58. The highest BCUT2D eigenvalue weighted by Crippen LogP contribution is 2.07. The Balaban J connectivity index is 3.01. The molecule has 14 heteroatoms. The second-order valence-electron chi connectivity index (χ2n) is 8.64. The second kappa shape index (κ2) is 16.6. The van der Waals surface area contributed by atoms with Crippen LogP contribution < -0.4 is 33.2 Å². The van der Waals surface area contributed by atoms with Gasteiger partial charge >= 0.3 is 5.97 Å². The van der Waals surface area contributed by atoms with E-state index < -0.39 is 54.0 Å². The number of aromatic amines is 1. The van der Waals surface area contributed by atoms with Gasteiger partial charge in [0.25, 0.3) is 0 Å². The molecule has 1 rings (SSSR count). The van der Waals surface area contributed by atoms with Crippen LogP contribution in [0.3, 0.4) is 0 Å². The van der Waals surface area contributed by atoms with Gasteiger partial charge in [0.2, 0.25) is 17.7 Å². The van der Waals surface area contributed by atoms with Crippen LogP contribution >= 0.6 is 0 Å². The number of aliphatic hydroxyl groups excluding tert-OH is 1. The third-order valence-corrected chi connectivity index (χ3v) is 5.54. The number of unbranched alkanes of at least 4 members (excludes halogenated alkanes) is 2. The van der Waals surface area contributed by atoms with E-state index in [-0.39, 0.29) is 12.8 Å². The van der Waals surface area contributed by atoms with Gasteiger partial charge in [-0.1, -0.05) is 6.42 Å². The molecule has 0 aromatic carbocycles. The summed E-state index contributed by atoms with van der Waals surface area (Å²) in [5, 5.41) is 26.4. The molecule has 14 nitrogen and oxygen atoms in total. The Hall–Kier alpha value is -3.07. The zero-order chi connectivity index (χ0) is 27.1. The van der Waals surface area contributed by atoms with Crippen LogP contribution in [0.5, 0.6) is 0 Å². The first-order chi connectivity index (χ1) is 17.1. The minimum atomic E-state index is -1.56. The predicted molar refractivity (Wildman–Crippen MR) is 131 cm³/mol. The van der Waals surface area contributed by atoms with E-state index in [0.29, 0.717) is 50.9 Å². The number of carbonyl (C=O) groups excluding carboxylic acids is 3. The number of aliphatic carboxylic acids is 1. The molecule has 12 N–H and O–H groups in total. The molecule has 1 aromatic heterocycles. The van der Waals surface area contributed by atoms with Gasteiger partial charge in [0, 0.05) is 18.3 Å². The van der Waals surface area contributed by atoms with Gasteiger partial charge in [-0.25, -0.2) is 9.78 Å². The number of carboxylic acid groups (broad SMARTS) is 1. The van der Waals surface area contributed by atoms with E-state index in [4.69, 9.17) is 17.2 Å². The van der Waals surface area contributed by atoms with E-state index in [9.17, 15) is 29.4 Å². The number of imidazole rings is 1. The minimum Gasteiger partial charge on any atom is -0.480 e. The molecule has 0 bridgehead atoms. The van der Waals surface area contributed by atoms with Crippen LogP contribution in [0.1, 0.15) is 51.1 Å². The lowest BCUT2D eigenvalue weighted by Gasteiger charge is -2.25. The smallest absolute Gasteiger partial charge is 0.328 e. The molecule has 5 atom stereocenters. The van der Waals surface area contributed by atoms with Crippen molar-refractivity contribution in [1.82, 2.24) is 25.9 Å². The molecule has 1 heterocycles. The van der Waals surface area contributed by atoms with Crippen LogP contribution in [0.25, 0.3) is 0 Å². The largest absolute Gasteiger partial charge is 0.480 e. The third kappa shape index (κ3) is 11.1. The van der Waals surface area contributed by atoms with Crippen molar-refractivity contribution in [3.05, 3.63) is 18.2 Å². The normalized spacial score (nSPS) is 15.2. The summed E-state index contributed by atoms with van der Waals surface area (Å²) in [5.74, 6) is -3.39. The number of H-pyrrole nitrogens is 1. The molecule has 0 fully saturated rings. The summed E-state index contributed by atoms with van der Waals surface area (Å²) in [4.78, 5) is 56.9. The van der Waals surface area contributed by atoms with Crippen molar-refractivity contribution in [2.45, 2.75) is 82.1 Å². The molecule has 36 heavy (non-hydrogen) atoms. The van der Waals surface area contributed by atoms with Gasteiger partial charge in [-0.2, -0.15) is 0 Å². The molecule has 0 saturated heterocycles. The van der Waals surface area contributed by atoms with Crippen LogP contribution in [-0.4, -0.2) is 87.2 Å². The summed E-state index contributed by atoms with van der Waals surface area (Å²) in [5.41, 5.74) is 17.5. The molecule has 0 spiro atoms. The Morgan fingerprint density at radius 3 is 2.06 bits per heavy atom. The average Bonchev–Trinajstić information content (AvgIpc) is 3.34. The van der Waals surface area contributed by atoms with Gasteiger partial charge in [0.05, 0.1) is 18.5 Å². The number of nitrogens with two attached hydrogens (primary N) is 3. The summed E-state index contributed by atoms with van der Waals surface area (Å²) in [6, 6.07) is -4.61. The summed E-state index contributed by atoms with van der Waals surface area (Å²) < 4.78 is 0. The Labute approximate surface area is 210 Å². The second-order valence-corrected chi connectivity index (χ2v) is 8.64. The molecular weight excluding hydrogens is 472 g/mol. The fraction of sp³-hybridized carbons (Fsp3) is 0.682. The van der Waals surface area contributed by atoms with Gasteiger partial charge < -0.3 is 48.3 Å². The van der Waals surface area contributed by atoms with E-state index in [1.54, 1.807) is 0 Å². The van der Waals surface area contributed by atoms with Gasteiger partial charge in [-0.05, 0) is 52.1 Å². The molecule has 1 aromatic rings. The van der Waals surface area contributed by atoms with Crippen LogP contribution in [0.15, 0.2) is 12.5 Å². The van der Waals surface area contributed by atoms with Crippen molar-refractivity contribution in [1.29, 1.82) is 0 Å². The van der Waals surface area contributed by atoms with Gasteiger partial charge in [0.1, 0.15) is 12.1 Å². The highest BCUT2D eigenvalue weighted by molar-refractivity contribution is 5.94. The molecule has 0 saturated carbocycles. The number of aliphatic hydroxyl groups is 1. The molecule has 0 radical (unpaired) electrons. The summed E-state index contributed by atoms with van der Waals surface area (Å²) in [6.07, 6.45) is 4.59. The standard InChI is InChI=1S/C22H40N8O6/c1-13(31)18(22(35)36)30-20(33)16(7-3-5-9-24)28-21(34)17(10-14-11-26-12-27-14)29-19(32)15(25)6-2-4-8-23/h11-13,15-18,31H,2-10,23-25H2,1H3,(H,26,27)(H,28,34)(H,29,32)(H,30,33)(H,35,36). The van der Waals surface area contributed by atoms with Crippen molar-refractivity contribution in [2.75, 3.05) is 13.1 Å². The molecule has 3 amide bonds. The monoisotopic (exact) mass is 512 g/mol. The number of hydrogen-bond acceptors (Lipinski definition) is 9. The molecule has 0 aliphatic heterocycles. The van der Waals surface area contributed by atoms with Crippen LogP contribution in [-0.2, 0) is 25.6 Å². The molecule has 0 aliphatic rings. The predicted octanol–water partition coefficient (Wildman–Crippen LogP) is -2.54. The summed E-state index contributed by atoms with van der Waals surface area (Å²) in [6.45, 7) is 2.08. The molecule has 5 unspecified atom stereocenters. The Morgan fingerprint density at radius 1 is 0.944 bits per heavy atom. The number of amides is 3. The SMILES string of the molecule is CC(O)C(NC(=O)C(CCCCN)NC(=O)C(Cc1cnc[nH]1)NC(=O)C(N)CCCCN)C(=O)O. The zero-order valence-electron chi connectivity index (χ0n) is 20.6. The first-order valence-corrected chi connectivity index (χ1v) is 12.1. The number of carbonyl (C=O) groups is 4. The molecule has 0 aliphatic carbocycles. The van der Waals surface area contributed by atoms with E-state index in [0.717, 1.165) is 0 Å². The maximum absolute atomic E-state index is 13.2. The molecular formula is C22H40N8O6. The summed E-state index contributed by atoms with van der Waals surface area (Å²) >= 11 is 0. The Kier molecular flexibility index (Phi) is 14.3. The van der Waals surface area contributed by atoms with Gasteiger partial charge in [0.15, 0.2) is 6.04 Å². The first-order valence-electron chi connectivity index (χ1n) is 12.1. The highest BCUT2D eigenvalue weighted by Gasteiger charge is 2.32. The first kappa shape index (κ1) is 31.0. The Bertz CT molecular complexity index is 819. The Morgan fingerprint density at radius 2 is 1.53 bits per heavy atom. The maximum Gasteiger partial charge on any atom is 0.328 e. The number of nitrogens with one attached hydrogen (secondary N) is 4. The van der Waals surface area contributed by atoms with Crippen molar-refractivity contribution >= 4 is 23.7 Å². The fourth-order valence-corrected chi connectivity index (χ4v) is 3.42. The number of carboxylic acids is 1. The topological polar surface area (TPSA) is 252 Å². The van der Waals surface area contributed by atoms with Crippen LogP contribution in [0.2, 0.25) is 0 Å². The number of nitrogens with zero attached hydrogens (tertiary/aromatic N) is 1. The van der Waals surface area contributed by atoms with Gasteiger partial charge in [-0.3, -0.25) is 14.4 Å². The van der Waals surface area contributed by atoms with Gasteiger partial charge in [-0.15, -0.1) is 0 Å². The van der Waals surface area contributed by atoms with Crippen LogP contribution in [0.4, 0.5) is 0 Å². The average molecular weight is 513 g/mol. The van der Waals surface area contributed by atoms with E-state index in [2.05, 4.69) is 25.9 Å². The van der Waals surface area contributed by atoms with Crippen molar-refractivity contribution in [3.63, 3.8) is 0 Å².